The second kappa shape index (κ2) is 3.47. The molecule has 4 heteroatoms. The van der Waals surface area contributed by atoms with Crippen molar-refractivity contribution in [3.8, 4) is 5.19 Å². The Morgan fingerprint density at radius 3 is 2.77 bits per heavy atom. The van der Waals surface area contributed by atoms with Crippen molar-refractivity contribution in [2.45, 2.75) is 13.1 Å². The molecule has 2 nitrogen and oxygen atoms in total. The molecule has 68 valence electrons. The van der Waals surface area contributed by atoms with Crippen LogP contribution in [0.1, 0.15) is 0 Å². The van der Waals surface area contributed by atoms with Crippen molar-refractivity contribution < 1.29 is 4.43 Å². The number of fused-ring (bicyclic) bond motifs is 1. The van der Waals surface area contributed by atoms with Crippen LogP contribution < -0.4 is 4.43 Å². The van der Waals surface area contributed by atoms with Gasteiger partial charge in [0.1, 0.15) is 0 Å². The number of nitrogens with zero attached hydrogens (tertiary/aromatic N) is 1. The van der Waals surface area contributed by atoms with Gasteiger partial charge in [0.05, 0.1) is 10.2 Å². The van der Waals surface area contributed by atoms with Crippen molar-refractivity contribution in [1.29, 1.82) is 0 Å². The van der Waals surface area contributed by atoms with Crippen LogP contribution in [0.25, 0.3) is 10.2 Å². The van der Waals surface area contributed by atoms with E-state index < -0.39 is 9.04 Å². The fraction of sp³-hybridized carbons (Fsp3) is 0.222. The maximum Gasteiger partial charge on any atom is 0.260 e. The van der Waals surface area contributed by atoms with Gasteiger partial charge in [0.25, 0.3) is 5.19 Å². The number of hydrogen-bond donors (Lipinski definition) is 0. The first-order valence-corrected chi connectivity index (χ1v) is 7.87. The van der Waals surface area contributed by atoms with Gasteiger partial charge in [-0.1, -0.05) is 23.5 Å². The van der Waals surface area contributed by atoms with Gasteiger partial charge >= 0.3 is 0 Å². The van der Waals surface area contributed by atoms with E-state index in [4.69, 9.17) is 4.43 Å². The summed E-state index contributed by atoms with van der Waals surface area (Å²) in [4.78, 5) is 4.38. The molecular formula is C9H11NOSSi. The summed E-state index contributed by atoms with van der Waals surface area (Å²) >= 11 is 1.63. The Bertz CT molecular complexity index is 380. The maximum atomic E-state index is 5.65. The Morgan fingerprint density at radius 2 is 2.08 bits per heavy atom. The van der Waals surface area contributed by atoms with Gasteiger partial charge in [-0.05, 0) is 25.2 Å². The molecule has 0 saturated heterocycles. The summed E-state index contributed by atoms with van der Waals surface area (Å²) in [6.07, 6.45) is 0. The van der Waals surface area contributed by atoms with Gasteiger partial charge in [-0.2, -0.15) is 0 Å². The van der Waals surface area contributed by atoms with E-state index in [0.29, 0.717) is 0 Å². The highest BCUT2D eigenvalue weighted by molar-refractivity contribution is 7.20. The zero-order valence-corrected chi connectivity index (χ0v) is 9.62. The lowest BCUT2D eigenvalue weighted by molar-refractivity contribution is 0.577. The Balaban J connectivity index is 2.38. The van der Waals surface area contributed by atoms with Crippen molar-refractivity contribution in [2.75, 3.05) is 0 Å². The van der Waals surface area contributed by atoms with E-state index in [9.17, 15) is 0 Å². The van der Waals surface area contributed by atoms with Gasteiger partial charge in [0, 0.05) is 0 Å². The Morgan fingerprint density at radius 1 is 1.31 bits per heavy atom. The third-order valence-electron chi connectivity index (χ3n) is 1.61. The van der Waals surface area contributed by atoms with Crippen LogP contribution in [0.4, 0.5) is 0 Å². The summed E-state index contributed by atoms with van der Waals surface area (Å²) in [5.74, 6) is 0. The molecular weight excluding hydrogens is 198 g/mol. The van der Waals surface area contributed by atoms with Gasteiger partial charge < -0.3 is 4.43 Å². The van der Waals surface area contributed by atoms with Gasteiger partial charge in [0.2, 0.25) is 9.04 Å². The van der Waals surface area contributed by atoms with Crippen molar-refractivity contribution >= 4 is 30.6 Å². The number of benzene rings is 1. The largest absolute Gasteiger partial charge is 0.527 e. The summed E-state index contributed by atoms with van der Waals surface area (Å²) in [7, 11) is -1.01. The molecule has 2 rings (SSSR count). The molecule has 0 saturated carbocycles. The summed E-state index contributed by atoms with van der Waals surface area (Å²) in [6.45, 7) is 4.29. The molecule has 0 aliphatic rings. The zero-order chi connectivity index (χ0) is 9.26. The van der Waals surface area contributed by atoms with Crippen LogP contribution in [0.2, 0.25) is 13.1 Å². The molecule has 0 aliphatic heterocycles. The number of rotatable bonds is 2. The highest BCUT2D eigenvalue weighted by Gasteiger charge is 2.05. The number of aromatic nitrogens is 1. The molecule has 1 heterocycles. The van der Waals surface area contributed by atoms with Crippen molar-refractivity contribution in [2.24, 2.45) is 0 Å². The average Bonchev–Trinajstić information content (AvgIpc) is 2.44. The Labute approximate surface area is 82.9 Å². The molecule has 2 aromatic rings. The van der Waals surface area contributed by atoms with Crippen molar-refractivity contribution in [3.63, 3.8) is 0 Å². The standard InChI is InChI=1S/C9H11NOSSi/c1-13(2)11-9-10-7-5-3-4-6-8(7)12-9/h3-6,13H,1-2H3. The predicted molar refractivity (Wildman–Crippen MR) is 59.1 cm³/mol. The molecule has 0 unspecified atom stereocenters. The second-order valence-electron chi connectivity index (χ2n) is 3.11. The Hall–Kier alpha value is -0.873. The molecule has 0 radical (unpaired) electrons. The van der Waals surface area contributed by atoms with Crippen molar-refractivity contribution in [3.05, 3.63) is 24.3 Å². The topological polar surface area (TPSA) is 22.1 Å². The molecule has 0 spiro atoms. The molecule has 0 atom stereocenters. The minimum absolute atomic E-state index is 0.822. The van der Waals surface area contributed by atoms with Crippen LogP contribution in [-0.4, -0.2) is 14.0 Å². The van der Waals surface area contributed by atoms with Crippen LogP contribution in [-0.2, 0) is 0 Å². The van der Waals surface area contributed by atoms with E-state index in [1.807, 2.05) is 18.2 Å². The SMILES string of the molecule is C[SiH](C)Oc1nc2ccccc2s1. The Kier molecular flexibility index (Phi) is 2.33. The average molecular weight is 209 g/mol. The van der Waals surface area contributed by atoms with E-state index in [1.54, 1.807) is 11.3 Å². The van der Waals surface area contributed by atoms with Gasteiger partial charge in [0.15, 0.2) is 0 Å². The summed E-state index contributed by atoms with van der Waals surface area (Å²) in [5, 5.41) is 0.822. The summed E-state index contributed by atoms with van der Waals surface area (Å²) in [5.41, 5.74) is 1.04. The van der Waals surface area contributed by atoms with Gasteiger partial charge in [-0.3, -0.25) is 0 Å². The number of thiazole rings is 1. The molecule has 0 amide bonds. The van der Waals surface area contributed by atoms with E-state index >= 15 is 0 Å². The monoisotopic (exact) mass is 209 g/mol. The van der Waals surface area contributed by atoms with Crippen molar-refractivity contribution in [1.82, 2.24) is 4.98 Å². The number of hydrogen-bond acceptors (Lipinski definition) is 3. The quantitative estimate of drug-likeness (QED) is 0.709. The fourth-order valence-electron chi connectivity index (χ4n) is 1.10. The van der Waals surface area contributed by atoms with E-state index in [1.165, 1.54) is 4.70 Å². The highest BCUT2D eigenvalue weighted by atomic mass is 32.1. The summed E-state index contributed by atoms with van der Waals surface area (Å²) < 4.78 is 6.85. The van der Waals surface area contributed by atoms with Crippen LogP contribution in [0.3, 0.4) is 0 Å². The lowest BCUT2D eigenvalue weighted by atomic mass is 10.3. The summed E-state index contributed by atoms with van der Waals surface area (Å²) in [6, 6.07) is 8.11. The predicted octanol–water partition coefficient (Wildman–Crippen LogP) is 2.66. The van der Waals surface area contributed by atoms with Crippen LogP contribution >= 0.6 is 11.3 Å². The van der Waals surface area contributed by atoms with Gasteiger partial charge in [-0.25, -0.2) is 4.98 Å². The minimum Gasteiger partial charge on any atom is -0.527 e. The second-order valence-corrected chi connectivity index (χ2v) is 6.44. The lowest BCUT2D eigenvalue weighted by Crippen LogP contribution is -2.10. The molecule has 0 bridgehead atoms. The number of para-hydroxylation sites is 1. The lowest BCUT2D eigenvalue weighted by Gasteiger charge is -2.02. The highest BCUT2D eigenvalue weighted by Crippen LogP contribution is 2.27. The van der Waals surface area contributed by atoms with Crippen LogP contribution in [0.5, 0.6) is 5.19 Å². The van der Waals surface area contributed by atoms with Gasteiger partial charge in [-0.15, -0.1) is 0 Å². The first-order chi connectivity index (χ1) is 6.25. The maximum absolute atomic E-state index is 5.65. The zero-order valence-electron chi connectivity index (χ0n) is 7.65. The van der Waals surface area contributed by atoms with Crippen LogP contribution in [0.15, 0.2) is 24.3 Å². The normalized spacial score (nSPS) is 11.0. The van der Waals surface area contributed by atoms with E-state index in [2.05, 4.69) is 24.1 Å². The molecule has 1 aromatic heterocycles. The first kappa shape index (κ1) is 8.71. The third-order valence-corrected chi connectivity index (χ3v) is 3.40. The minimum atomic E-state index is -1.01. The molecule has 1 aromatic carbocycles. The van der Waals surface area contributed by atoms with E-state index in [-0.39, 0.29) is 0 Å². The van der Waals surface area contributed by atoms with Crippen LogP contribution in [0, 0.1) is 0 Å². The molecule has 0 N–H and O–H groups in total. The first-order valence-electron chi connectivity index (χ1n) is 4.28. The third kappa shape index (κ3) is 1.89. The smallest absolute Gasteiger partial charge is 0.260 e. The van der Waals surface area contributed by atoms with E-state index in [0.717, 1.165) is 10.7 Å². The molecule has 0 fully saturated rings. The molecule has 13 heavy (non-hydrogen) atoms. The molecule has 0 aliphatic carbocycles. The fourth-order valence-corrected chi connectivity index (χ4v) is 3.03.